The maximum atomic E-state index is 10.8. The highest BCUT2D eigenvalue weighted by molar-refractivity contribution is 5.95. The Kier molecular flexibility index (Phi) is 3.12. The van der Waals surface area contributed by atoms with E-state index in [-0.39, 0.29) is 12.1 Å². The van der Waals surface area contributed by atoms with Crippen LogP contribution in [0.3, 0.4) is 0 Å². The fourth-order valence-electron chi connectivity index (χ4n) is 1.03. The number of carboxylic acid groups (broad SMARTS) is 1. The molecule has 0 aliphatic carbocycles. The summed E-state index contributed by atoms with van der Waals surface area (Å²) in [5, 5.41) is 11.0. The zero-order valence-corrected chi connectivity index (χ0v) is 7.86. The average Bonchev–Trinajstić information content (AvgIpc) is 2.16. The molecule has 6 N–H and O–H groups in total. The minimum atomic E-state index is -1.01. The number of carbonyl (C=O) groups is 2. The second-order valence-corrected chi connectivity index (χ2v) is 2.91. The smallest absolute Gasteiger partial charge is 0.322 e. The van der Waals surface area contributed by atoms with Crippen LogP contribution in [0.4, 0.5) is 11.4 Å². The third-order valence-electron chi connectivity index (χ3n) is 1.77. The number of carboxylic acids is 1. The van der Waals surface area contributed by atoms with Gasteiger partial charge in [-0.15, -0.1) is 0 Å². The van der Waals surface area contributed by atoms with Gasteiger partial charge in [-0.05, 0) is 18.2 Å². The molecule has 0 atom stereocenters. The Morgan fingerprint density at radius 1 is 1.40 bits per heavy atom. The van der Waals surface area contributed by atoms with E-state index in [9.17, 15) is 9.59 Å². The number of carbonyl (C=O) groups excluding carboxylic acids is 1. The van der Waals surface area contributed by atoms with Gasteiger partial charge in [-0.1, -0.05) is 0 Å². The van der Waals surface area contributed by atoms with Crippen molar-refractivity contribution in [1.82, 2.24) is 0 Å². The van der Waals surface area contributed by atoms with Crippen LogP contribution < -0.4 is 16.8 Å². The van der Waals surface area contributed by atoms with E-state index in [0.29, 0.717) is 11.4 Å². The molecule has 0 spiro atoms. The molecular formula is C9H11N3O3. The summed E-state index contributed by atoms with van der Waals surface area (Å²) in [5.41, 5.74) is 11.7. The molecule has 0 radical (unpaired) electrons. The summed E-state index contributed by atoms with van der Waals surface area (Å²) < 4.78 is 0. The quantitative estimate of drug-likeness (QED) is 0.515. The number of anilines is 2. The molecule has 1 aromatic carbocycles. The molecule has 6 nitrogen and oxygen atoms in total. The van der Waals surface area contributed by atoms with Gasteiger partial charge >= 0.3 is 5.97 Å². The van der Waals surface area contributed by atoms with E-state index < -0.39 is 11.9 Å². The minimum Gasteiger partial charge on any atom is -0.480 e. The van der Waals surface area contributed by atoms with E-state index in [2.05, 4.69) is 5.32 Å². The lowest BCUT2D eigenvalue weighted by molar-refractivity contribution is -0.134. The van der Waals surface area contributed by atoms with Crippen LogP contribution in [0.2, 0.25) is 0 Å². The number of amides is 1. The van der Waals surface area contributed by atoms with E-state index in [1.165, 1.54) is 18.2 Å². The number of nitrogen functional groups attached to an aromatic ring is 1. The standard InChI is InChI=1S/C9H11N3O3/c10-6-2-1-5(9(11)15)3-7(6)12-4-8(13)14/h1-3,12H,4,10H2,(H2,11,15)(H,13,14). The molecule has 0 aromatic heterocycles. The molecular weight excluding hydrogens is 198 g/mol. The van der Waals surface area contributed by atoms with Crippen molar-refractivity contribution >= 4 is 23.3 Å². The highest BCUT2D eigenvalue weighted by Gasteiger charge is 2.05. The predicted molar refractivity (Wildman–Crippen MR) is 55.5 cm³/mol. The van der Waals surface area contributed by atoms with Gasteiger partial charge in [-0.2, -0.15) is 0 Å². The molecule has 1 aromatic rings. The molecule has 0 saturated carbocycles. The van der Waals surface area contributed by atoms with Crippen LogP contribution in [0.15, 0.2) is 18.2 Å². The molecule has 1 rings (SSSR count). The summed E-state index contributed by atoms with van der Waals surface area (Å²) in [6.45, 7) is -0.271. The Bertz CT molecular complexity index is 404. The molecule has 0 aliphatic heterocycles. The van der Waals surface area contributed by atoms with E-state index >= 15 is 0 Å². The van der Waals surface area contributed by atoms with Crippen molar-refractivity contribution in [3.05, 3.63) is 23.8 Å². The second-order valence-electron chi connectivity index (χ2n) is 2.91. The molecule has 15 heavy (non-hydrogen) atoms. The van der Waals surface area contributed by atoms with Crippen LogP contribution in [-0.4, -0.2) is 23.5 Å². The van der Waals surface area contributed by atoms with Gasteiger partial charge in [0, 0.05) is 5.56 Å². The molecule has 0 unspecified atom stereocenters. The largest absolute Gasteiger partial charge is 0.480 e. The highest BCUT2D eigenvalue weighted by atomic mass is 16.4. The summed E-state index contributed by atoms with van der Waals surface area (Å²) in [5.74, 6) is -1.60. The Balaban J connectivity index is 2.90. The van der Waals surface area contributed by atoms with Gasteiger partial charge in [-0.25, -0.2) is 0 Å². The number of aliphatic carboxylic acids is 1. The molecule has 0 saturated heterocycles. The first-order valence-corrected chi connectivity index (χ1v) is 4.15. The van der Waals surface area contributed by atoms with Gasteiger partial charge in [0.15, 0.2) is 0 Å². The van der Waals surface area contributed by atoms with Crippen molar-refractivity contribution in [1.29, 1.82) is 0 Å². The fraction of sp³-hybridized carbons (Fsp3) is 0.111. The monoisotopic (exact) mass is 209 g/mol. The van der Waals surface area contributed by atoms with Crippen LogP contribution in [0.1, 0.15) is 10.4 Å². The van der Waals surface area contributed by atoms with Crippen LogP contribution in [0, 0.1) is 0 Å². The highest BCUT2D eigenvalue weighted by Crippen LogP contribution is 2.19. The molecule has 80 valence electrons. The summed E-state index contributed by atoms with van der Waals surface area (Å²) in [4.78, 5) is 21.1. The van der Waals surface area contributed by atoms with Crippen LogP contribution in [-0.2, 0) is 4.79 Å². The van der Waals surface area contributed by atoms with Gasteiger partial charge in [0.25, 0.3) is 0 Å². The molecule has 0 fully saturated rings. The lowest BCUT2D eigenvalue weighted by Gasteiger charge is -2.08. The maximum Gasteiger partial charge on any atom is 0.322 e. The molecule has 0 aliphatic rings. The topological polar surface area (TPSA) is 118 Å². The van der Waals surface area contributed by atoms with Gasteiger partial charge in [-0.3, -0.25) is 9.59 Å². The Labute approximate surface area is 85.9 Å². The predicted octanol–water partition coefficient (Wildman–Crippen LogP) is -0.136. The van der Waals surface area contributed by atoms with Gasteiger partial charge < -0.3 is 21.9 Å². The lowest BCUT2D eigenvalue weighted by Crippen LogP contribution is -2.15. The van der Waals surface area contributed by atoms with Gasteiger partial charge in [0.05, 0.1) is 11.4 Å². The zero-order valence-electron chi connectivity index (χ0n) is 7.86. The van der Waals surface area contributed by atoms with Crippen molar-refractivity contribution in [3.63, 3.8) is 0 Å². The molecule has 1 amide bonds. The number of hydrogen-bond donors (Lipinski definition) is 4. The number of nitrogens with two attached hydrogens (primary N) is 2. The minimum absolute atomic E-state index is 0.271. The van der Waals surface area contributed by atoms with E-state index in [0.717, 1.165) is 0 Å². The van der Waals surface area contributed by atoms with Crippen LogP contribution in [0.5, 0.6) is 0 Å². The molecule has 0 bridgehead atoms. The normalized spacial score (nSPS) is 9.60. The number of benzene rings is 1. The van der Waals surface area contributed by atoms with Crippen molar-refractivity contribution < 1.29 is 14.7 Å². The number of primary amides is 1. The van der Waals surface area contributed by atoms with E-state index in [4.69, 9.17) is 16.6 Å². The molecule has 0 heterocycles. The Morgan fingerprint density at radius 3 is 2.60 bits per heavy atom. The first kappa shape index (κ1) is 10.8. The van der Waals surface area contributed by atoms with Crippen LogP contribution >= 0.6 is 0 Å². The third kappa shape index (κ3) is 2.87. The molecule has 6 heteroatoms. The fourth-order valence-corrected chi connectivity index (χ4v) is 1.03. The average molecular weight is 209 g/mol. The van der Waals surface area contributed by atoms with Crippen LogP contribution in [0.25, 0.3) is 0 Å². The van der Waals surface area contributed by atoms with Gasteiger partial charge in [0.1, 0.15) is 6.54 Å². The zero-order chi connectivity index (χ0) is 11.4. The van der Waals surface area contributed by atoms with Crippen molar-refractivity contribution in [2.75, 3.05) is 17.6 Å². The number of hydrogen-bond acceptors (Lipinski definition) is 4. The Hall–Kier alpha value is -2.24. The van der Waals surface area contributed by atoms with Crippen molar-refractivity contribution in [2.24, 2.45) is 5.73 Å². The third-order valence-corrected chi connectivity index (χ3v) is 1.77. The van der Waals surface area contributed by atoms with Crippen molar-refractivity contribution in [3.8, 4) is 0 Å². The first-order chi connectivity index (χ1) is 7.00. The van der Waals surface area contributed by atoms with Crippen molar-refractivity contribution in [2.45, 2.75) is 0 Å². The SMILES string of the molecule is NC(=O)c1ccc(N)c(NCC(=O)O)c1. The first-order valence-electron chi connectivity index (χ1n) is 4.15. The summed E-state index contributed by atoms with van der Waals surface area (Å²) in [6, 6.07) is 4.38. The summed E-state index contributed by atoms with van der Waals surface area (Å²) in [6.07, 6.45) is 0. The van der Waals surface area contributed by atoms with E-state index in [1.54, 1.807) is 0 Å². The maximum absolute atomic E-state index is 10.8. The van der Waals surface area contributed by atoms with Gasteiger partial charge in [0.2, 0.25) is 5.91 Å². The van der Waals surface area contributed by atoms with E-state index in [1.807, 2.05) is 0 Å². The summed E-state index contributed by atoms with van der Waals surface area (Å²) >= 11 is 0. The number of rotatable bonds is 4. The summed E-state index contributed by atoms with van der Waals surface area (Å²) in [7, 11) is 0. The second kappa shape index (κ2) is 4.32. The number of nitrogens with one attached hydrogen (secondary N) is 1. The Morgan fingerprint density at radius 2 is 2.07 bits per heavy atom. The lowest BCUT2D eigenvalue weighted by atomic mass is 10.1.